The number of fused-ring (bicyclic) bond motifs is 1. The van der Waals surface area contributed by atoms with Gasteiger partial charge in [0.15, 0.2) is 0 Å². The molecule has 1 unspecified atom stereocenters. The second kappa shape index (κ2) is 6.92. The van der Waals surface area contributed by atoms with Gasteiger partial charge in [-0.1, -0.05) is 6.07 Å². The summed E-state index contributed by atoms with van der Waals surface area (Å²) in [7, 11) is 1.46. The fourth-order valence-electron chi connectivity index (χ4n) is 4.59. The molecule has 1 atom stereocenters. The number of anilines is 1. The normalized spacial score (nSPS) is 26.6. The number of aryl methyl sites for hydroxylation is 1. The maximum Gasteiger partial charge on any atom is 0.319 e. The van der Waals surface area contributed by atoms with Crippen LogP contribution >= 0.6 is 0 Å². The van der Waals surface area contributed by atoms with Crippen molar-refractivity contribution >= 4 is 11.8 Å². The first-order valence-electron chi connectivity index (χ1n) is 9.40. The van der Waals surface area contributed by atoms with Crippen LogP contribution in [0.3, 0.4) is 0 Å². The highest BCUT2D eigenvalue weighted by Gasteiger charge is 2.43. The fourth-order valence-corrected chi connectivity index (χ4v) is 4.59. The third-order valence-corrected chi connectivity index (χ3v) is 5.95. The molecule has 0 saturated carbocycles. The molecule has 1 N–H and O–H groups in total. The highest BCUT2D eigenvalue weighted by Crippen LogP contribution is 2.39. The molecule has 6 nitrogen and oxygen atoms in total. The van der Waals surface area contributed by atoms with Gasteiger partial charge < -0.3 is 10.1 Å². The number of pyridine rings is 1. The van der Waals surface area contributed by atoms with Gasteiger partial charge in [-0.25, -0.2) is 4.98 Å². The second-order valence-electron chi connectivity index (χ2n) is 7.84. The first-order chi connectivity index (χ1) is 12.2. The molecule has 1 spiro atoms. The predicted octanol–water partition coefficient (Wildman–Crippen LogP) is 1.51. The van der Waals surface area contributed by atoms with Crippen molar-refractivity contribution in [3.05, 3.63) is 23.4 Å². The number of ether oxygens (including phenoxy) is 1. The van der Waals surface area contributed by atoms with Crippen LogP contribution in [0.4, 0.5) is 5.82 Å². The maximum atomic E-state index is 11.5. The van der Waals surface area contributed by atoms with Crippen molar-refractivity contribution in [1.29, 1.82) is 0 Å². The van der Waals surface area contributed by atoms with E-state index in [4.69, 9.17) is 9.72 Å². The highest BCUT2D eigenvalue weighted by atomic mass is 16.5. The number of rotatable bonds is 4. The van der Waals surface area contributed by atoms with Gasteiger partial charge in [-0.15, -0.1) is 0 Å². The topological polar surface area (TPSA) is 57.7 Å². The lowest BCUT2D eigenvalue weighted by Gasteiger charge is -2.25. The first-order valence-corrected chi connectivity index (χ1v) is 9.40. The van der Waals surface area contributed by atoms with Crippen LogP contribution < -0.4 is 5.32 Å². The van der Waals surface area contributed by atoms with Gasteiger partial charge in [-0.05, 0) is 55.8 Å². The molecule has 6 heteroatoms. The predicted molar refractivity (Wildman–Crippen MR) is 96.4 cm³/mol. The van der Waals surface area contributed by atoms with Gasteiger partial charge in [0.05, 0.1) is 19.3 Å². The van der Waals surface area contributed by atoms with E-state index in [1.54, 1.807) is 0 Å². The molecule has 0 amide bonds. The highest BCUT2D eigenvalue weighted by molar-refractivity contribution is 5.71. The summed E-state index contributed by atoms with van der Waals surface area (Å²) in [5.41, 5.74) is 2.86. The van der Waals surface area contributed by atoms with Crippen LogP contribution in [0.15, 0.2) is 12.1 Å². The summed E-state index contributed by atoms with van der Waals surface area (Å²) in [5, 5.41) is 3.43. The van der Waals surface area contributed by atoms with Gasteiger partial charge in [-0.2, -0.15) is 0 Å². The number of likely N-dealkylation sites (tertiary alicyclic amines) is 2. The number of nitrogens with one attached hydrogen (secondary N) is 1. The van der Waals surface area contributed by atoms with Gasteiger partial charge in [0.25, 0.3) is 0 Å². The van der Waals surface area contributed by atoms with Crippen molar-refractivity contribution in [2.75, 3.05) is 51.7 Å². The van der Waals surface area contributed by atoms with Crippen LogP contribution in [0.5, 0.6) is 0 Å². The Balaban J connectivity index is 1.34. The molecular formula is C19H28N4O2. The Morgan fingerprint density at radius 1 is 1.28 bits per heavy atom. The summed E-state index contributed by atoms with van der Waals surface area (Å²) >= 11 is 0. The molecule has 0 aliphatic carbocycles. The molecule has 2 fully saturated rings. The first kappa shape index (κ1) is 16.8. The van der Waals surface area contributed by atoms with Crippen molar-refractivity contribution in [3.63, 3.8) is 0 Å². The van der Waals surface area contributed by atoms with Crippen LogP contribution in [-0.4, -0.2) is 67.1 Å². The quantitative estimate of drug-likeness (QED) is 0.836. The Morgan fingerprint density at radius 3 is 2.92 bits per heavy atom. The van der Waals surface area contributed by atoms with E-state index < -0.39 is 0 Å². The van der Waals surface area contributed by atoms with Crippen molar-refractivity contribution in [3.8, 4) is 0 Å². The van der Waals surface area contributed by atoms with Crippen LogP contribution in [0.25, 0.3) is 0 Å². The average Bonchev–Trinajstić information content (AvgIpc) is 3.21. The van der Waals surface area contributed by atoms with Gasteiger partial charge in [-0.3, -0.25) is 14.6 Å². The summed E-state index contributed by atoms with van der Waals surface area (Å²) in [6.07, 6.45) is 4.73. The lowest BCUT2D eigenvalue weighted by Crippen LogP contribution is -2.33. The molecule has 25 heavy (non-hydrogen) atoms. The zero-order valence-corrected chi connectivity index (χ0v) is 15.1. The largest absolute Gasteiger partial charge is 0.468 e. The van der Waals surface area contributed by atoms with Crippen LogP contribution in [-0.2, 0) is 22.5 Å². The van der Waals surface area contributed by atoms with E-state index in [1.807, 2.05) is 0 Å². The Kier molecular flexibility index (Phi) is 4.65. The lowest BCUT2D eigenvalue weighted by molar-refractivity contribution is -0.141. The molecule has 0 aromatic carbocycles. The van der Waals surface area contributed by atoms with E-state index in [0.29, 0.717) is 12.0 Å². The number of nitrogens with zero attached hydrogens (tertiary/aromatic N) is 3. The third kappa shape index (κ3) is 3.65. The Bertz CT molecular complexity index is 650. The van der Waals surface area contributed by atoms with Crippen molar-refractivity contribution < 1.29 is 9.53 Å². The Morgan fingerprint density at radius 2 is 2.08 bits per heavy atom. The van der Waals surface area contributed by atoms with Gasteiger partial charge in [0, 0.05) is 26.2 Å². The van der Waals surface area contributed by atoms with Crippen molar-refractivity contribution in [2.45, 2.75) is 32.2 Å². The van der Waals surface area contributed by atoms with E-state index in [9.17, 15) is 4.79 Å². The summed E-state index contributed by atoms with van der Waals surface area (Å²) in [4.78, 5) is 21.1. The average molecular weight is 344 g/mol. The number of esters is 1. The van der Waals surface area contributed by atoms with Gasteiger partial charge in [0.1, 0.15) is 5.82 Å². The van der Waals surface area contributed by atoms with E-state index in [1.165, 1.54) is 31.9 Å². The molecule has 0 bridgehead atoms. The molecule has 2 saturated heterocycles. The third-order valence-electron chi connectivity index (χ3n) is 5.95. The van der Waals surface area contributed by atoms with Crippen LogP contribution in [0.2, 0.25) is 0 Å². The van der Waals surface area contributed by atoms with Gasteiger partial charge in [0.2, 0.25) is 0 Å². The summed E-state index contributed by atoms with van der Waals surface area (Å²) in [6, 6.07) is 4.43. The summed E-state index contributed by atoms with van der Waals surface area (Å²) in [5.74, 6) is 0.959. The molecule has 3 aliphatic heterocycles. The second-order valence-corrected chi connectivity index (χ2v) is 7.84. The number of hydrogen-bond acceptors (Lipinski definition) is 6. The zero-order chi connectivity index (χ0) is 17.3. The minimum Gasteiger partial charge on any atom is -0.468 e. The zero-order valence-electron chi connectivity index (χ0n) is 15.1. The van der Waals surface area contributed by atoms with E-state index in [-0.39, 0.29) is 5.97 Å². The lowest BCUT2D eigenvalue weighted by atomic mass is 9.86. The number of aromatic nitrogens is 1. The number of carbonyl (C=O) groups excluding carboxylic acids is 1. The van der Waals surface area contributed by atoms with Crippen molar-refractivity contribution in [2.24, 2.45) is 5.41 Å². The molecule has 136 valence electrons. The van der Waals surface area contributed by atoms with Crippen LogP contribution in [0.1, 0.15) is 30.5 Å². The fraction of sp³-hybridized carbons (Fsp3) is 0.684. The molecule has 4 heterocycles. The van der Waals surface area contributed by atoms with Crippen LogP contribution in [0, 0.1) is 5.41 Å². The van der Waals surface area contributed by atoms with E-state index in [2.05, 4.69) is 27.2 Å². The molecule has 4 rings (SSSR count). The summed E-state index contributed by atoms with van der Waals surface area (Å²) < 4.78 is 4.80. The van der Waals surface area contributed by atoms with E-state index >= 15 is 0 Å². The van der Waals surface area contributed by atoms with Crippen molar-refractivity contribution in [1.82, 2.24) is 14.8 Å². The van der Waals surface area contributed by atoms with E-state index in [0.717, 1.165) is 57.2 Å². The smallest absolute Gasteiger partial charge is 0.319 e. The minimum atomic E-state index is -0.127. The SMILES string of the molecule is COC(=O)CN1CCC2(CCN(Cc3ccc4c(n3)NCCC4)C2)C1. The Labute approximate surface area is 149 Å². The molecule has 3 aliphatic rings. The molecule has 1 aromatic rings. The maximum absolute atomic E-state index is 11.5. The number of hydrogen-bond donors (Lipinski definition) is 1. The molecular weight excluding hydrogens is 316 g/mol. The number of carbonyl (C=O) groups is 1. The standard InChI is InChI=1S/C19H28N4O2/c1-25-17(24)12-23-10-7-19(14-23)6-9-22(13-19)11-16-5-4-15-3-2-8-20-18(15)21-16/h4-5H,2-3,6-14H2,1H3,(H,20,21). The van der Waals surface area contributed by atoms with Gasteiger partial charge >= 0.3 is 5.97 Å². The molecule has 1 aromatic heterocycles. The summed E-state index contributed by atoms with van der Waals surface area (Å²) in [6.45, 7) is 6.63. The Hall–Kier alpha value is -1.66. The molecule has 0 radical (unpaired) electrons. The number of methoxy groups -OCH3 is 1. The minimum absolute atomic E-state index is 0.127. The monoisotopic (exact) mass is 344 g/mol.